The first-order chi connectivity index (χ1) is 8.81. The predicted octanol–water partition coefficient (Wildman–Crippen LogP) is 3.54. The van der Waals surface area contributed by atoms with Crippen molar-refractivity contribution >= 4 is 15.9 Å². The smallest absolute Gasteiger partial charge is 0.134 e. The Morgan fingerprint density at radius 1 is 1.32 bits per heavy atom. The van der Waals surface area contributed by atoms with Gasteiger partial charge in [-0.15, -0.1) is 0 Å². The molecule has 0 aliphatic heterocycles. The van der Waals surface area contributed by atoms with Gasteiger partial charge in [-0.25, -0.2) is 0 Å². The first-order valence-electron chi connectivity index (χ1n) is 6.48. The molecule has 1 rings (SSSR count). The van der Waals surface area contributed by atoms with Crippen LogP contribution < -0.4 is 10.1 Å². The van der Waals surface area contributed by atoms with Crippen LogP contribution in [-0.2, 0) is 4.74 Å². The summed E-state index contributed by atoms with van der Waals surface area (Å²) < 4.78 is 12.3. The van der Waals surface area contributed by atoms with Gasteiger partial charge in [0, 0.05) is 23.7 Å². The molecule has 3 nitrogen and oxygen atoms in total. The van der Waals surface area contributed by atoms with Gasteiger partial charge in [-0.1, -0.05) is 15.9 Å². The van der Waals surface area contributed by atoms with Crippen molar-refractivity contribution in [2.24, 2.45) is 0 Å². The zero-order valence-electron chi connectivity index (χ0n) is 12.4. The number of methoxy groups -OCH3 is 1. The second-order valence-electron chi connectivity index (χ2n) is 5.74. The summed E-state index contributed by atoms with van der Waals surface area (Å²) in [4.78, 5) is 0. The van der Waals surface area contributed by atoms with Crippen LogP contribution in [0.2, 0.25) is 0 Å². The Balaban J connectivity index is 2.67. The van der Waals surface area contributed by atoms with Crippen LogP contribution in [0.15, 0.2) is 22.7 Å². The molecule has 0 aromatic heterocycles. The molecule has 108 valence electrons. The monoisotopic (exact) mass is 329 g/mol. The lowest BCUT2D eigenvalue weighted by molar-refractivity contribution is 0.0760. The van der Waals surface area contributed by atoms with Gasteiger partial charge in [0.15, 0.2) is 0 Å². The molecular weight excluding hydrogens is 306 g/mol. The van der Waals surface area contributed by atoms with Gasteiger partial charge in [0.2, 0.25) is 0 Å². The molecule has 1 N–H and O–H groups in total. The predicted molar refractivity (Wildman–Crippen MR) is 82.9 cm³/mol. The van der Waals surface area contributed by atoms with E-state index < -0.39 is 0 Å². The van der Waals surface area contributed by atoms with Crippen LogP contribution in [0.5, 0.6) is 5.75 Å². The normalized spacial score (nSPS) is 13.4. The number of nitrogens with one attached hydrogen (secondary N) is 1. The molecular formula is C15H24BrNO2. The van der Waals surface area contributed by atoms with Crippen molar-refractivity contribution in [3.05, 3.63) is 28.2 Å². The summed E-state index contributed by atoms with van der Waals surface area (Å²) in [6.45, 7) is 9.79. The highest BCUT2D eigenvalue weighted by Gasteiger charge is 2.16. The van der Waals surface area contributed by atoms with Crippen molar-refractivity contribution in [2.75, 3.05) is 20.3 Å². The van der Waals surface area contributed by atoms with E-state index in [1.807, 2.05) is 19.1 Å². The largest absolute Gasteiger partial charge is 0.486 e. The van der Waals surface area contributed by atoms with Crippen molar-refractivity contribution < 1.29 is 9.47 Å². The maximum absolute atomic E-state index is 6.03. The van der Waals surface area contributed by atoms with Gasteiger partial charge >= 0.3 is 0 Å². The number of benzene rings is 1. The molecule has 0 saturated carbocycles. The molecule has 1 aromatic carbocycles. The summed E-state index contributed by atoms with van der Waals surface area (Å²) in [5, 5.41) is 3.44. The van der Waals surface area contributed by atoms with Gasteiger partial charge in [-0.2, -0.15) is 0 Å². The first kappa shape index (κ1) is 16.5. The number of hydrogen-bond donors (Lipinski definition) is 1. The molecule has 0 spiro atoms. The van der Waals surface area contributed by atoms with Crippen LogP contribution in [0.25, 0.3) is 0 Å². The fourth-order valence-corrected chi connectivity index (χ4v) is 2.14. The third-order valence-electron chi connectivity index (χ3n) is 2.64. The second-order valence-corrected chi connectivity index (χ2v) is 6.65. The number of aryl methyl sites for hydroxylation is 1. The minimum absolute atomic E-state index is 0.00380. The van der Waals surface area contributed by atoms with Crippen LogP contribution >= 0.6 is 15.9 Å². The number of ether oxygens (including phenoxy) is 2. The van der Waals surface area contributed by atoms with Crippen LogP contribution in [0.1, 0.15) is 26.3 Å². The maximum Gasteiger partial charge on any atom is 0.134 e. The molecule has 1 atom stereocenters. The van der Waals surface area contributed by atoms with Gasteiger partial charge in [0.05, 0.1) is 6.61 Å². The molecule has 0 radical (unpaired) electrons. The van der Waals surface area contributed by atoms with Crippen LogP contribution in [-0.4, -0.2) is 31.9 Å². The van der Waals surface area contributed by atoms with Gasteiger partial charge in [0.25, 0.3) is 0 Å². The number of hydrogen-bond acceptors (Lipinski definition) is 3. The standard InChI is InChI=1S/C15H24BrNO2/c1-11-8-12(16)6-7-14(11)19-13(10-18-5)9-17-15(2,3)4/h6-8,13,17H,9-10H2,1-5H3. The lowest BCUT2D eigenvalue weighted by Crippen LogP contribution is -2.44. The van der Waals surface area contributed by atoms with E-state index in [4.69, 9.17) is 9.47 Å². The minimum Gasteiger partial charge on any atom is -0.486 e. The van der Waals surface area contributed by atoms with Crippen LogP contribution in [0.4, 0.5) is 0 Å². The average Bonchev–Trinajstić information content (AvgIpc) is 2.28. The van der Waals surface area contributed by atoms with E-state index >= 15 is 0 Å². The third-order valence-corrected chi connectivity index (χ3v) is 3.14. The molecule has 0 heterocycles. The summed E-state index contributed by atoms with van der Waals surface area (Å²) in [7, 11) is 1.70. The van der Waals surface area contributed by atoms with Gasteiger partial charge in [-0.3, -0.25) is 0 Å². The number of halogens is 1. The fraction of sp³-hybridized carbons (Fsp3) is 0.600. The van der Waals surface area contributed by atoms with E-state index in [9.17, 15) is 0 Å². The summed E-state index contributed by atoms with van der Waals surface area (Å²) in [6.07, 6.45) is 0.00380. The molecule has 19 heavy (non-hydrogen) atoms. The summed E-state index contributed by atoms with van der Waals surface area (Å²) >= 11 is 3.46. The van der Waals surface area contributed by atoms with Crippen molar-refractivity contribution in [1.29, 1.82) is 0 Å². The molecule has 0 saturated heterocycles. The van der Waals surface area contributed by atoms with E-state index in [-0.39, 0.29) is 11.6 Å². The van der Waals surface area contributed by atoms with E-state index in [0.717, 1.165) is 22.3 Å². The second kappa shape index (κ2) is 7.27. The molecule has 1 unspecified atom stereocenters. The SMILES string of the molecule is COCC(CNC(C)(C)C)Oc1ccc(Br)cc1C. The highest BCUT2D eigenvalue weighted by Crippen LogP contribution is 2.23. The summed E-state index contributed by atoms with van der Waals surface area (Å²) in [6, 6.07) is 6.03. The Labute approximate surface area is 124 Å². The lowest BCUT2D eigenvalue weighted by Gasteiger charge is -2.26. The summed E-state index contributed by atoms with van der Waals surface area (Å²) in [5.41, 5.74) is 1.19. The molecule has 1 aromatic rings. The Morgan fingerprint density at radius 2 is 2.00 bits per heavy atom. The molecule has 0 aliphatic rings. The average molecular weight is 330 g/mol. The van der Waals surface area contributed by atoms with Gasteiger partial charge in [-0.05, 0) is 51.5 Å². The number of rotatable bonds is 6. The zero-order chi connectivity index (χ0) is 14.5. The molecule has 0 amide bonds. The van der Waals surface area contributed by atoms with E-state index in [0.29, 0.717) is 6.61 Å². The first-order valence-corrected chi connectivity index (χ1v) is 7.28. The molecule has 0 fully saturated rings. The summed E-state index contributed by atoms with van der Waals surface area (Å²) in [5.74, 6) is 0.904. The van der Waals surface area contributed by atoms with Crippen LogP contribution in [0.3, 0.4) is 0 Å². The van der Waals surface area contributed by atoms with Crippen LogP contribution in [0, 0.1) is 6.92 Å². The van der Waals surface area contributed by atoms with E-state index in [1.54, 1.807) is 7.11 Å². The molecule has 0 aliphatic carbocycles. The zero-order valence-corrected chi connectivity index (χ0v) is 14.0. The van der Waals surface area contributed by atoms with Gasteiger partial charge < -0.3 is 14.8 Å². The minimum atomic E-state index is 0.00380. The topological polar surface area (TPSA) is 30.5 Å². The Morgan fingerprint density at radius 3 is 2.53 bits per heavy atom. The fourth-order valence-electron chi connectivity index (χ4n) is 1.67. The van der Waals surface area contributed by atoms with Crippen molar-refractivity contribution in [1.82, 2.24) is 5.32 Å². The van der Waals surface area contributed by atoms with E-state index in [1.165, 1.54) is 0 Å². The Kier molecular flexibility index (Phi) is 6.30. The van der Waals surface area contributed by atoms with Crippen molar-refractivity contribution in [3.8, 4) is 5.75 Å². The lowest BCUT2D eigenvalue weighted by atomic mass is 10.1. The van der Waals surface area contributed by atoms with E-state index in [2.05, 4.69) is 48.1 Å². The third kappa shape index (κ3) is 6.41. The molecule has 4 heteroatoms. The Bertz CT molecular complexity index is 402. The van der Waals surface area contributed by atoms with Crippen molar-refractivity contribution in [2.45, 2.75) is 39.3 Å². The quantitative estimate of drug-likeness (QED) is 0.865. The maximum atomic E-state index is 6.03. The van der Waals surface area contributed by atoms with Crippen molar-refractivity contribution in [3.63, 3.8) is 0 Å². The van der Waals surface area contributed by atoms with Gasteiger partial charge in [0.1, 0.15) is 11.9 Å². The highest BCUT2D eigenvalue weighted by atomic mass is 79.9. The Hall–Kier alpha value is -0.580. The molecule has 0 bridgehead atoms. The highest BCUT2D eigenvalue weighted by molar-refractivity contribution is 9.10.